The van der Waals surface area contributed by atoms with Crippen LogP contribution >= 0.6 is 0 Å². The van der Waals surface area contributed by atoms with Crippen LogP contribution in [0.2, 0.25) is 0 Å². The predicted molar refractivity (Wildman–Crippen MR) is 61.0 cm³/mol. The lowest BCUT2D eigenvalue weighted by molar-refractivity contribution is 0.0456. The van der Waals surface area contributed by atoms with E-state index in [0.717, 1.165) is 11.3 Å². The normalized spacial score (nSPS) is 14.7. The van der Waals surface area contributed by atoms with Gasteiger partial charge < -0.3 is 15.6 Å². The Labute approximate surface area is 90.9 Å². The second kappa shape index (κ2) is 5.14. The van der Waals surface area contributed by atoms with E-state index in [2.05, 4.69) is 0 Å². The summed E-state index contributed by atoms with van der Waals surface area (Å²) >= 11 is 0. The summed E-state index contributed by atoms with van der Waals surface area (Å²) in [5.74, 6) is 0.808. The van der Waals surface area contributed by atoms with Gasteiger partial charge in [0.1, 0.15) is 5.75 Å². The summed E-state index contributed by atoms with van der Waals surface area (Å²) in [6.45, 7) is 2.22. The first-order valence-electron chi connectivity index (χ1n) is 5.19. The van der Waals surface area contributed by atoms with Gasteiger partial charge in [0, 0.05) is 13.0 Å². The molecule has 0 saturated carbocycles. The first kappa shape index (κ1) is 12.0. The summed E-state index contributed by atoms with van der Waals surface area (Å²) in [5.41, 5.74) is 5.80. The number of aliphatic hydroxyl groups is 1. The Morgan fingerprint density at radius 3 is 2.73 bits per heavy atom. The van der Waals surface area contributed by atoms with Gasteiger partial charge in [-0.2, -0.15) is 0 Å². The lowest BCUT2D eigenvalue weighted by atomic mass is 9.92. The van der Waals surface area contributed by atoms with E-state index in [-0.39, 0.29) is 6.54 Å². The van der Waals surface area contributed by atoms with Crippen molar-refractivity contribution < 1.29 is 9.84 Å². The molecule has 0 aliphatic heterocycles. The molecule has 1 unspecified atom stereocenters. The molecule has 0 bridgehead atoms. The summed E-state index contributed by atoms with van der Waals surface area (Å²) < 4.78 is 5.12. The molecule has 0 aromatic heterocycles. The van der Waals surface area contributed by atoms with Crippen molar-refractivity contribution in [1.29, 1.82) is 0 Å². The number of hydrogen-bond donors (Lipinski definition) is 2. The van der Waals surface area contributed by atoms with Gasteiger partial charge in [0.05, 0.1) is 12.7 Å². The lowest BCUT2D eigenvalue weighted by Crippen LogP contribution is -2.39. The zero-order chi connectivity index (χ0) is 11.3. The maximum Gasteiger partial charge on any atom is 0.119 e. The van der Waals surface area contributed by atoms with E-state index < -0.39 is 5.60 Å². The van der Waals surface area contributed by atoms with Crippen LogP contribution in [0.5, 0.6) is 5.75 Å². The molecule has 1 rings (SSSR count). The fraction of sp³-hybridized carbons (Fsp3) is 0.500. The van der Waals surface area contributed by atoms with Gasteiger partial charge in [-0.3, -0.25) is 0 Å². The maximum atomic E-state index is 10.1. The Morgan fingerprint density at radius 2 is 2.20 bits per heavy atom. The van der Waals surface area contributed by atoms with E-state index in [4.69, 9.17) is 10.5 Å². The van der Waals surface area contributed by atoms with Crippen LogP contribution in [0.3, 0.4) is 0 Å². The topological polar surface area (TPSA) is 55.5 Å². The van der Waals surface area contributed by atoms with Crippen LogP contribution in [0.1, 0.15) is 18.9 Å². The minimum atomic E-state index is -0.799. The second-order valence-electron chi connectivity index (χ2n) is 3.81. The van der Waals surface area contributed by atoms with Crippen molar-refractivity contribution in [3.05, 3.63) is 29.8 Å². The number of ether oxygens (including phenoxy) is 1. The smallest absolute Gasteiger partial charge is 0.119 e. The van der Waals surface area contributed by atoms with E-state index in [9.17, 15) is 5.11 Å². The highest BCUT2D eigenvalue weighted by atomic mass is 16.5. The van der Waals surface area contributed by atoms with E-state index in [1.54, 1.807) is 7.11 Å². The van der Waals surface area contributed by atoms with Crippen molar-refractivity contribution in [1.82, 2.24) is 0 Å². The molecule has 1 aromatic carbocycles. The third-order valence-corrected chi connectivity index (χ3v) is 2.71. The third-order valence-electron chi connectivity index (χ3n) is 2.71. The number of methoxy groups -OCH3 is 1. The number of nitrogens with two attached hydrogens (primary N) is 1. The Balaban J connectivity index is 2.79. The highest BCUT2D eigenvalue weighted by molar-refractivity contribution is 5.29. The minimum Gasteiger partial charge on any atom is -0.497 e. The molecule has 0 heterocycles. The fourth-order valence-electron chi connectivity index (χ4n) is 1.50. The van der Waals surface area contributed by atoms with Crippen molar-refractivity contribution in [3.63, 3.8) is 0 Å². The molecule has 3 heteroatoms. The molecule has 0 saturated heterocycles. The van der Waals surface area contributed by atoms with Gasteiger partial charge in [-0.1, -0.05) is 19.1 Å². The minimum absolute atomic E-state index is 0.278. The first-order valence-corrected chi connectivity index (χ1v) is 5.19. The maximum absolute atomic E-state index is 10.1. The first-order chi connectivity index (χ1) is 7.13. The Bertz CT molecular complexity index is 308. The number of rotatable bonds is 5. The van der Waals surface area contributed by atoms with E-state index in [1.165, 1.54) is 0 Å². The number of hydrogen-bond acceptors (Lipinski definition) is 3. The average molecular weight is 209 g/mol. The van der Waals surface area contributed by atoms with Crippen LogP contribution in [-0.4, -0.2) is 24.4 Å². The van der Waals surface area contributed by atoms with Crippen molar-refractivity contribution in [3.8, 4) is 5.75 Å². The van der Waals surface area contributed by atoms with Crippen LogP contribution in [0.4, 0.5) is 0 Å². The monoisotopic (exact) mass is 209 g/mol. The molecule has 0 radical (unpaired) electrons. The van der Waals surface area contributed by atoms with E-state index >= 15 is 0 Å². The van der Waals surface area contributed by atoms with Crippen LogP contribution in [0, 0.1) is 0 Å². The van der Waals surface area contributed by atoms with Crippen molar-refractivity contribution in [2.45, 2.75) is 25.4 Å². The summed E-state index contributed by atoms with van der Waals surface area (Å²) in [4.78, 5) is 0. The van der Waals surface area contributed by atoms with Crippen LogP contribution in [-0.2, 0) is 6.42 Å². The predicted octanol–water partition coefficient (Wildman–Crippen LogP) is 1.34. The van der Waals surface area contributed by atoms with Gasteiger partial charge >= 0.3 is 0 Å². The van der Waals surface area contributed by atoms with Gasteiger partial charge in [-0.25, -0.2) is 0 Å². The molecule has 0 aliphatic rings. The molecule has 1 aromatic rings. The summed E-state index contributed by atoms with van der Waals surface area (Å²) in [7, 11) is 1.63. The largest absolute Gasteiger partial charge is 0.497 e. The summed E-state index contributed by atoms with van der Waals surface area (Å²) in [6, 6.07) is 7.70. The van der Waals surface area contributed by atoms with Gasteiger partial charge in [-0.15, -0.1) is 0 Å². The molecule has 0 aliphatic carbocycles. The molecule has 3 N–H and O–H groups in total. The van der Waals surface area contributed by atoms with Crippen LogP contribution in [0.25, 0.3) is 0 Å². The van der Waals surface area contributed by atoms with Crippen molar-refractivity contribution in [2.75, 3.05) is 13.7 Å². The average Bonchev–Trinajstić information content (AvgIpc) is 2.29. The standard InChI is InChI=1S/C12H19NO2/c1-3-12(14,9-13)8-10-5-4-6-11(7-10)15-2/h4-7,14H,3,8-9,13H2,1-2H3. The zero-order valence-corrected chi connectivity index (χ0v) is 9.36. The van der Waals surface area contributed by atoms with Gasteiger partial charge in [0.2, 0.25) is 0 Å². The summed E-state index contributed by atoms with van der Waals surface area (Å²) in [5, 5.41) is 10.1. The molecule has 15 heavy (non-hydrogen) atoms. The van der Waals surface area contributed by atoms with E-state index in [1.807, 2.05) is 31.2 Å². The van der Waals surface area contributed by atoms with Gasteiger partial charge in [0.25, 0.3) is 0 Å². The molecular weight excluding hydrogens is 190 g/mol. The Morgan fingerprint density at radius 1 is 1.47 bits per heavy atom. The molecular formula is C12H19NO2. The highest BCUT2D eigenvalue weighted by Gasteiger charge is 2.22. The Hall–Kier alpha value is -1.06. The van der Waals surface area contributed by atoms with Crippen LogP contribution in [0.15, 0.2) is 24.3 Å². The fourth-order valence-corrected chi connectivity index (χ4v) is 1.50. The van der Waals surface area contributed by atoms with Crippen molar-refractivity contribution in [2.24, 2.45) is 5.73 Å². The van der Waals surface area contributed by atoms with Gasteiger partial charge in [0.15, 0.2) is 0 Å². The third kappa shape index (κ3) is 3.22. The molecule has 0 spiro atoms. The molecule has 1 atom stereocenters. The number of benzene rings is 1. The quantitative estimate of drug-likeness (QED) is 0.769. The lowest BCUT2D eigenvalue weighted by Gasteiger charge is -2.25. The zero-order valence-electron chi connectivity index (χ0n) is 9.36. The second-order valence-corrected chi connectivity index (χ2v) is 3.81. The molecule has 3 nitrogen and oxygen atoms in total. The highest BCUT2D eigenvalue weighted by Crippen LogP contribution is 2.19. The molecule has 0 amide bonds. The molecule has 0 fully saturated rings. The SMILES string of the molecule is CCC(O)(CN)Cc1cccc(OC)c1. The van der Waals surface area contributed by atoms with Crippen molar-refractivity contribution >= 4 is 0 Å². The van der Waals surface area contributed by atoms with Gasteiger partial charge in [-0.05, 0) is 24.1 Å². The van der Waals surface area contributed by atoms with E-state index in [0.29, 0.717) is 12.8 Å². The molecule has 84 valence electrons. The summed E-state index contributed by atoms with van der Waals surface area (Å²) in [6.07, 6.45) is 1.22. The Kier molecular flexibility index (Phi) is 4.12. The van der Waals surface area contributed by atoms with Crippen LogP contribution < -0.4 is 10.5 Å².